The van der Waals surface area contributed by atoms with E-state index in [1.54, 1.807) is 0 Å². The van der Waals surface area contributed by atoms with E-state index >= 15 is 0 Å². The van der Waals surface area contributed by atoms with Crippen LogP contribution < -0.4 is 11.1 Å². The Labute approximate surface area is 129 Å². The zero-order valence-electron chi connectivity index (χ0n) is 12.2. The fourth-order valence-electron chi connectivity index (χ4n) is 2.26. The Morgan fingerprint density at radius 2 is 2.00 bits per heavy atom. The largest absolute Gasteiger partial charge is 0.356 e. The third-order valence-corrected chi connectivity index (χ3v) is 3.65. The zero-order chi connectivity index (χ0) is 12.8. The van der Waals surface area contributed by atoms with Gasteiger partial charge in [-0.1, -0.05) is 6.92 Å². The van der Waals surface area contributed by atoms with Crippen molar-refractivity contribution >= 4 is 30.7 Å². The normalized spacial score (nSPS) is 21.2. The van der Waals surface area contributed by atoms with Gasteiger partial charge in [-0.3, -0.25) is 4.79 Å². The molecule has 1 aliphatic rings. The van der Waals surface area contributed by atoms with Crippen LogP contribution in [0.15, 0.2) is 0 Å². The first-order valence-electron chi connectivity index (χ1n) is 6.76. The van der Waals surface area contributed by atoms with Gasteiger partial charge in [-0.25, -0.2) is 0 Å². The van der Waals surface area contributed by atoms with Crippen LogP contribution in [0.1, 0.15) is 33.6 Å². The third-order valence-electron chi connectivity index (χ3n) is 3.65. The maximum Gasteiger partial charge on any atom is 0.224 e. The summed E-state index contributed by atoms with van der Waals surface area (Å²) in [6.45, 7) is 9.86. The highest BCUT2D eigenvalue weighted by Gasteiger charge is 2.22. The van der Waals surface area contributed by atoms with Crippen molar-refractivity contribution in [3.63, 3.8) is 0 Å². The van der Waals surface area contributed by atoms with Crippen molar-refractivity contribution < 1.29 is 4.79 Å². The molecule has 19 heavy (non-hydrogen) atoms. The maximum absolute atomic E-state index is 11.6. The molecule has 0 radical (unpaired) electrons. The van der Waals surface area contributed by atoms with Crippen LogP contribution in [-0.2, 0) is 4.79 Å². The van der Waals surface area contributed by atoms with E-state index in [1.165, 1.54) is 19.4 Å². The lowest BCUT2D eigenvalue weighted by atomic mass is 9.96. The molecule has 3 N–H and O–H groups in total. The number of rotatable bonds is 5. The van der Waals surface area contributed by atoms with E-state index in [0.29, 0.717) is 18.5 Å². The van der Waals surface area contributed by atoms with Crippen molar-refractivity contribution in [3.05, 3.63) is 0 Å². The van der Waals surface area contributed by atoms with Crippen molar-refractivity contribution in [2.24, 2.45) is 17.6 Å². The fourth-order valence-corrected chi connectivity index (χ4v) is 2.26. The predicted octanol–water partition coefficient (Wildman–Crippen LogP) is 1.66. The molecule has 0 aromatic carbocycles. The molecule has 0 aromatic rings. The molecule has 2 unspecified atom stereocenters. The van der Waals surface area contributed by atoms with Gasteiger partial charge in [-0.05, 0) is 39.2 Å². The first-order valence-corrected chi connectivity index (χ1v) is 6.76. The first kappa shape index (κ1) is 21.3. The van der Waals surface area contributed by atoms with Gasteiger partial charge < -0.3 is 16.0 Å². The number of hydrogen-bond acceptors (Lipinski definition) is 3. The molecule has 2 atom stereocenters. The highest BCUT2D eigenvalue weighted by atomic mass is 35.5. The number of nitrogens with two attached hydrogens (primary N) is 1. The van der Waals surface area contributed by atoms with Gasteiger partial charge in [0.15, 0.2) is 0 Å². The fraction of sp³-hybridized carbons (Fsp3) is 0.923. The molecule has 1 fully saturated rings. The number of halogens is 2. The quantitative estimate of drug-likeness (QED) is 0.811. The Bertz CT molecular complexity index is 252. The molecule has 6 heteroatoms. The monoisotopic (exact) mass is 313 g/mol. The summed E-state index contributed by atoms with van der Waals surface area (Å²) in [6, 6.07) is 0.608. The van der Waals surface area contributed by atoms with Crippen LogP contribution in [0.25, 0.3) is 0 Å². The molecule has 1 amide bonds. The van der Waals surface area contributed by atoms with Crippen LogP contribution in [-0.4, -0.2) is 43.0 Å². The number of carbonyl (C=O) groups is 1. The molecule has 0 bridgehead atoms. The van der Waals surface area contributed by atoms with Crippen molar-refractivity contribution in [1.82, 2.24) is 10.2 Å². The van der Waals surface area contributed by atoms with Gasteiger partial charge >= 0.3 is 0 Å². The summed E-state index contributed by atoms with van der Waals surface area (Å²) in [6.07, 6.45) is 2.46. The van der Waals surface area contributed by atoms with Crippen LogP contribution in [0.5, 0.6) is 0 Å². The molecular formula is C13H29Cl2N3O. The van der Waals surface area contributed by atoms with E-state index in [0.717, 1.165) is 13.1 Å². The van der Waals surface area contributed by atoms with Crippen molar-refractivity contribution in [1.29, 1.82) is 0 Å². The Balaban J connectivity index is 0. The standard InChI is InChI=1S/C13H27N3O.2ClH/c1-10(2)16-6-4-5-12(9-16)8-15-13(17)11(3)7-14;;/h10-12H,4-9,14H2,1-3H3,(H,15,17);2*1H. The van der Waals surface area contributed by atoms with E-state index in [-0.39, 0.29) is 36.6 Å². The minimum Gasteiger partial charge on any atom is -0.356 e. The van der Waals surface area contributed by atoms with Gasteiger partial charge in [0.1, 0.15) is 0 Å². The smallest absolute Gasteiger partial charge is 0.224 e. The number of likely N-dealkylation sites (tertiary alicyclic amines) is 1. The number of piperidine rings is 1. The second kappa shape index (κ2) is 10.7. The van der Waals surface area contributed by atoms with Gasteiger partial charge in [0.2, 0.25) is 5.91 Å². The van der Waals surface area contributed by atoms with Gasteiger partial charge in [0.05, 0.1) is 0 Å². The van der Waals surface area contributed by atoms with E-state index in [2.05, 4.69) is 24.1 Å². The zero-order valence-corrected chi connectivity index (χ0v) is 13.9. The number of nitrogens with one attached hydrogen (secondary N) is 1. The number of hydrogen-bond donors (Lipinski definition) is 2. The number of amides is 1. The molecule has 1 saturated heterocycles. The topological polar surface area (TPSA) is 58.4 Å². The Kier molecular flexibility index (Phi) is 12.0. The maximum atomic E-state index is 11.6. The molecule has 4 nitrogen and oxygen atoms in total. The van der Waals surface area contributed by atoms with Crippen LogP contribution in [0.4, 0.5) is 0 Å². The third kappa shape index (κ3) is 7.35. The molecule has 0 spiro atoms. The Morgan fingerprint density at radius 1 is 1.37 bits per heavy atom. The highest BCUT2D eigenvalue weighted by molar-refractivity contribution is 5.85. The van der Waals surface area contributed by atoms with Gasteiger partial charge in [0, 0.05) is 31.6 Å². The van der Waals surface area contributed by atoms with Crippen LogP contribution in [0.3, 0.4) is 0 Å². The highest BCUT2D eigenvalue weighted by Crippen LogP contribution is 2.17. The van der Waals surface area contributed by atoms with Crippen molar-refractivity contribution in [2.45, 2.75) is 39.7 Å². The van der Waals surface area contributed by atoms with Gasteiger partial charge in [0.25, 0.3) is 0 Å². The summed E-state index contributed by atoms with van der Waals surface area (Å²) in [5.41, 5.74) is 5.47. The van der Waals surface area contributed by atoms with Gasteiger partial charge in [-0.2, -0.15) is 0 Å². The molecule has 116 valence electrons. The van der Waals surface area contributed by atoms with Crippen molar-refractivity contribution in [2.75, 3.05) is 26.2 Å². The molecule has 0 aromatic heterocycles. The minimum atomic E-state index is -0.0696. The van der Waals surface area contributed by atoms with Crippen LogP contribution >= 0.6 is 24.8 Å². The van der Waals surface area contributed by atoms with Crippen molar-refractivity contribution in [3.8, 4) is 0 Å². The molecular weight excluding hydrogens is 285 g/mol. The number of nitrogens with zero attached hydrogens (tertiary/aromatic N) is 1. The molecule has 1 heterocycles. The SMILES string of the molecule is CC(CN)C(=O)NCC1CCCN(C(C)C)C1.Cl.Cl. The summed E-state index contributed by atoms with van der Waals surface area (Å²) >= 11 is 0. The average Bonchev–Trinajstić information content (AvgIpc) is 2.35. The predicted molar refractivity (Wildman–Crippen MR) is 85.2 cm³/mol. The lowest BCUT2D eigenvalue weighted by molar-refractivity contribution is -0.124. The van der Waals surface area contributed by atoms with E-state index < -0.39 is 0 Å². The number of carbonyl (C=O) groups excluding carboxylic acids is 1. The lowest BCUT2D eigenvalue weighted by Crippen LogP contribution is -2.44. The Morgan fingerprint density at radius 3 is 2.53 bits per heavy atom. The summed E-state index contributed by atoms with van der Waals surface area (Å²) < 4.78 is 0. The minimum absolute atomic E-state index is 0. The van der Waals surface area contributed by atoms with Crippen LogP contribution in [0, 0.1) is 11.8 Å². The second-order valence-corrected chi connectivity index (χ2v) is 5.48. The molecule has 0 saturated carbocycles. The Hall–Kier alpha value is -0.0300. The summed E-state index contributed by atoms with van der Waals surface area (Å²) in [4.78, 5) is 14.1. The van der Waals surface area contributed by atoms with E-state index in [4.69, 9.17) is 5.73 Å². The average molecular weight is 314 g/mol. The summed E-state index contributed by atoms with van der Waals surface area (Å²) in [5.74, 6) is 0.619. The van der Waals surface area contributed by atoms with E-state index in [1.807, 2.05) is 6.92 Å². The second-order valence-electron chi connectivity index (χ2n) is 5.48. The summed E-state index contributed by atoms with van der Waals surface area (Å²) in [5, 5.41) is 3.02. The molecule has 1 aliphatic heterocycles. The first-order chi connectivity index (χ1) is 8.04. The molecule has 1 rings (SSSR count). The van der Waals surface area contributed by atoms with Gasteiger partial charge in [-0.15, -0.1) is 24.8 Å². The summed E-state index contributed by atoms with van der Waals surface area (Å²) in [7, 11) is 0. The lowest BCUT2D eigenvalue weighted by Gasteiger charge is -2.35. The molecule has 0 aliphatic carbocycles. The van der Waals surface area contributed by atoms with Crippen LogP contribution in [0.2, 0.25) is 0 Å². The van der Waals surface area contributed by atoms with E-state index in [9.17, 15) is 4.79 Å².